The van der Waals surface area contributed by atoms with E-state index in [4.69, 9.17) is 0 Å². The van der Waals surface area contributed by atoms with Gasteiger partial charge in [0.05, 0.1) is 0 Å². The Hall–Kier alpha value is -3.64. The monoisotopic (exact) mass is 424 g/mol. The topological polar surface area (TPSA) is 0 Å². The molecule has 160 valence electrons. The molecule has 0 spiro atoms. The summed E-state index contributed by atoms with van der Waals surface area (Å²) in [6, 6.07) is 38.0. The van der Waals surface area contributed by atoms with Crippen LogP contribution in [0.4, 0.5) is 0 Å². The van der Waals surface area contributed by atoms with Crippen LogP contribution in [0.2, 0.25) is 0 Å². The van der Waals surface area contributed by atoms with Crippen molar-refractivity contribution in [1.82, 2.24) is 0 Å². The van der Waals surface area contributed by atoms with Crippen molar-refractivity contribution in [2.24, 2.45) is 0 Å². The summed E-state index contributed by atoms with van der Waals surface area (Å²) in [6.07, 6.45) is 8.81. The summed E-state index contributed by atoms with van der Waals surface area (Å²) in [7, 11) is 0. The van der Waals surface area contributed by atoms with E-state index in [2.05, 4.69) is 128 Å². The Bertz CT molecular complexity index is 1320. The van der Waals surface area contributed by atoms with E-state index in [1.165, 1.54) is 44.5 Å². The number of allylic oxidation sites excluding steroid dienone is 4. The Morgan fingerprint density at radius 2 is 1.27 bits per heavy atom. The third kappa shape index (κ3) is 3.29. The van der Waals surface area contributed by atoms with E-state index in [-0.39, 0.29) is 5.41 Å². The lowest BCUT2D eigenvalue weighted by molar-refractivity contribution is 0.489. The maximum Gasteiger partial charge on any atom is 0.0183 e. The van der Waals surface area contributed by atoms with Gasteiger partial charge in [-0.05, 0) is 57.4 Å². The van der Waals surface area contributed by atoms with Crippen molar-refractivity contribution < 1.29 is 0 Å². The highest BCUT2D eigenvalue weighted by atomic mass is 14.4. The summed E-state index contributed by atoms with van der Waals surface area (Å²) in [6.45, 7) is 2.43. The fraction of sp³-hybridized carbons (Fsp3) is 0.152. The van der Waals surface area contributed by atoms with E-state index in [9.17, 15) is 0 Å². The van der Waals surface area contributed by atoms with Crippen molar-refractivity contribution in [3.63, 3.8) is 0 Å². The summed E-state index contributed by atoms with van der Waals surface area (Å²) < 4.78 is 0. The van der Waals surface area contributed by atoms with E-state index in [0.29, 0.717) is 5.92 Å². The summed E-state index contributed by atoms with van der Waals surface area (Å²) in [4.78, 5) is 0. The molecule has 2 aliphatic carbocycles. The summed E-state index contributed by atoms with van der Waals surface area (Å²) in [5.41, 5.74) is 11.3. The van der Waals surface area contributed by atoms with Gasteiger partial charge in [-0.3, -0.25) is 0 Å². The average molecular weight is 425 g/mol. The molecule has 0 heterocycles. The molecule has 33 heavy (non-hydrogen) atoms. The van der Waals surface area contributed by atoms with Gasteiger partial charge in [-0.15, -0.1) is 0 Å². The van der Waals surface area contributed by atoms with Gasteiger partial charge in [0.25, 0.3) is 0 Å². The van der Waals surface area contributed by atoms with E-state index in [1.54, 1.807) is 0 Å². The summed E-state index contributed by atoms with van der Waals surface area (Å²) in [5, 5.41) is 0. The van der Waals surface area contributed by atoms with Crippen molar-refractivity contribution in [2.75, 3.05) is 0 Å². The van der Waals surface area contributed by atoms with Crippen LogP contribution in [0.1, 0.15) is 53.5 Å². The Balaban J connectivity index is 1.55. The van der Waals surface area contributed by atoms with Crippen molar-refractivity contribution in [3.05, 3.63) is 149 Å². The Labute approximate surface area is 196 Å². The highest BCUT2D eigenvalue weighted by Crippen LogP contribution is 2.53. The first-order valence-electron chi connectivity index (χ1n) is 11.9. The van der Waals surface area contributed by atoms with Gasteiger partial charge >= 0.3 is 0 Å². The number of rotatable bonds is 5. The molecule has 0 aliphatic heterocycles. The predicted octanol–water partition coefficient (Wildman–Crippen LogP) is 8.54. The molecule has 2 aliphatic rings. The first-order chi connectivity index (χ1) is 16.3. The lowest BCUT2D eigenvalue weighted by Crippen LogP contribution is -2.26. The zero-order chi connectivity index (χ0) is 22.3. The van der Waals surface area contributed by atoms with E-state index >= 15 is 0 Å². The van der Waals surface area contributed by atoms with Gasteiger partial charge in [0.15, 0.2) is 0 Å². The Kier molecular flexibility index (Phi) is 4.88. The van der Waals surface area contributed by atoms with Gasteiger partial charge in [0.2, 0.25) is 0 Å². The predicted molar refractivity (Wildman–Crippen MR) is 139 cm³/mol. The second kappa shape index (κ2) is 8.05. The van der Waals surface area contributed by atoms with Crippen LogP contribution in [0.15, 0.2) is 121 Å². The fourth-order valence-electron chi connectivity index (χ4n) is 5.94. The molecule has 0 amide bonds. The van der Waals surface area contributed by atoms with E-state index in [0.717, 1.165) is 12.8 Å². The van der Waals surface area contributed by atoms with Crippen LogP contribution in [0.5, 0.6) is 0 Å². The zero-order valence-corrected chi connectivity index (χ0v) is 19.0. The molecule has 0 radical (unpaired) electrons. The molecule has 0 bridgehead atoms. The minimum atomic E-state index is -0.0999. The van der Waals surface area contributed by atoms with Crippen LogP contribution in [0, 0.1) is 0 Å². The van der Waals surface area contributed by atoms with E-state index in [1.807, 2.05) is 0 Å². The lowest BCUT2D eigenvalue weighted by atomic mass is 9.68. The normalized spacial score (nSPS) is 16.4. The van der Waals surface area contributed by atoms with Crippen LogP contribution in [0.3, 0.4) is 0 Å². The number of benzene rings is 4. The van der Waals surface area contributed by atoms with Crippen molar-refractivity contribution in [2.45, 2.75) is 31.1 Å². The highest BCUT2D eigenvalue weighted by Gasteiger charge is 2.38. The van der Waals surface area contributed by atoms with Gasteiger partial charge in [0, 0.05) is 11.3 Å². The molecule has 0 N–H and O–H groups in total. The minimum absolute atomic E-state index is 0.0999. The zero-order valence-electron chi connectivity index (χ0n) is 19.0. The molecule has 1 atom stereocenters. The molecular formula is C33H28. The van der Waals surface area contributed by atoms with Crippen LogP contribution in [-0.4, -0.2) is 0 Å². The number of fused-ring (bicyclic) bond motifs is 3. The number of hydrogen-bond acceptors (Lipinski definition) is 0. The lowest BCUT2D eigenvalue weighted by Gasteiger charge is -2.35. The quantitative estimate of drug-likeness (QED) is 0.301. The van der Waals surface area contributed by atoms with Gasteiger partial charge in [-0.1, -0.05) is 128 Å². The molecule has 1 unspecified atom stereocenters. The molecule has 0 nitrogen and oxygen atoms in total. The molecule has 0 aromatic heterocycles. The largest absolute Gasteiger partial charge is 0.0801 e. The van der Waals surface area contributed by atoms with Crippen LogP contribution < -0.4 is 0 Å². The molecule has 0 saturated carbocycles. The average Bonchev–Trinajstić information content (AvgIpc) is 3.53. The smallest absolute Gasteiger partial charge is 0.0183 e. The number of hydrogen-bond donors (Lipinski definition) is 0. The molecule has 4 aromatic rings. The highest BCUT2D eigenvalue weighted by molar-refractivity contribution is 5.86. The van der Waals surface area contributed by atoms with Crippen molar-refractivity contribution in [1.29, 1.82) is 0 Å². The molecule has 0 heteroatoms. The fourth-order valence-corrected chi connectivity index (χ4v) is 5.94. The standard InChI is InChI=1S/C33H28/c1-33(25-15-4-2-5-16-25,26-17-6-3-7-18-26)23-31-29-20-11-10-19-28(29)30-22-12-21-27(32(30)31)24-13-8-9-14-24/h2-13,15-22,31H,14,23H2,1H3. The van der Waals surface area contributed by atoms with Crippen LogP contribution >= 0.6 is 0 Å². The second-order valence-electron chi connectivity index (χ2n) is 9.50. The third-order valence-electron chi connectivity index (χ3n) is 7.63. The minimum Gasteiger partial charge on any atom is -0.0801 e. The van der Waals surface area contributed by atoms with Gasteiger partial charge in [-0.2, -0.15) is 0 Å². The summed E-state index contributed by atoms with van der Waals surface area (Å²) in [5.74, 6) is 0.347. The first-order valence-corrected chi connectivity index (χ1v) is 11.9. The maximum absolute atomic E-state index is 2.43. The SMILES string of the molecule is CC(CC1c2ccccc2-c2cccc(C3=CC=CC3)c21)(c1ccccc1)c1ccccc1. The van der Waals surface area contributed by atoms with Gasteiger partial charge in [-0.25, -0.2) is 0 Å². The van der Waals surface area contributed by atoms with Gasteiger partial charge < -0.3 is 0 Å². The van der Waals surface area contributed by atoms with Crippen molar-refractivity contribution in [3.8, 4) is 11.1 Å². The molecular weight excluding hydrogens is 396 g/mol. The summed E-state index contributed by atoms with van der Waals surface area (Å²) >= 11 is 0. The molecule has 0 saturated heterocycles. The maximum atomic E-state index is 2.43. The second-order valence-corrected chi connectivity index (χ2v) is 9.50. The van der Waals surface area contributed by atoms with Crippen molar-refractivity contribution >= 4 is 5.57 Å². The first kappa shape index (κ1) is 20.0. The Morgan fingerprint density at radius 3 is 1.94 bits per heavy atom. The van der Waals surface area contributed by atoms with Gasteiger partial charge in [0.1, 0.15) is 0 Å². The third-order valence-corrected chi connectivity index (χ3v) is 7.63. The molecule has 0 fully saturated rings. The molecule has 6 rings (SSSR count). The van der Waals surface area contributed by atoms with Crippen LogP contribution in [-0.2, 0) is 5.41 Å². The molecule has 4 aromatic carbocycles. The van der Waals surface area contributed by atoms with E-state index < -0.39 is 0 Å². The Morgan fingerprint density at radius 1 is 0.667 bits per heavy atom. The van der Waals surface area contributed by atoms with Crippen LogP contribution in [0.25, 0.3) is 16.7 Å².